The van der Waals surface area contributed by atoms with Gasteiger partial charge in [-0.1, -0.05) is 48.5 Å². The SMILES string of the molecule is NC(Cc1c[nH]c2ccccc12)C(=O)NC(Cc1ccccc1)C(=O)NC(CC(=O)O)C(=O)NC(CO)C(=O)O. The molecular weight excluding hydrogens is 522 g/mol. The Morgan fingerprint density at radius 1 is 0.775 bits per heavy atom. The highest BCUT2D eigenvalue weighted by molar-refractivity contribution is 5.96. The van der Waals surface area contributed by atoms with Crippen LogP contribution in [-0.4, -0.2) is 80.7 Å². The molecule has 13 nitrogen and oxygen atoms in total. The Labute approximate surface area is 228 Å². The van der Waals surface area contributed by atoms with Crippen LogP contribution >= 0.6 is 0 Å². The second-order valence-corrected chi connectivity index (χ2v) is 9.16. The molecule has 3 amide bonds. The van der Waals surface area contributed by atoms with Crippen molar-refractivity contribution in [1.29, 1.82) is 0 Å². The van der Waals surface area contributed by atoms with Gasteiger partial charge in [-0.25, -0.2) is 4.79 Å². The number of nitrogens with one attached hydrogen (secondary N) is 4. The number of aliphatic carboxylic acids is 2. The van der Waals surface area contributed by atoms with Crippen LogP contribution < -0.4 is 21.7 Å². The van der Waals surface area contributed by atoms with Gasteiger partial charge in [-0.2, -0.15) is 0 Å². The number of nitrogens with two attached hydrogens (primary N) is 1. The highest BCUT2D eigenvalue weighted by Gasteiger charge is 2.31. The van der Waals surface area contributed by atoms with Crippen LogP contribution in [0.2, 0.25) is 0 Å². The largest absolute Gasteiger partial charge is 0.481 e. The average Bonchev–Trinajstić information content (AvgIpc) is 3.33. The molecule has 4 unspecified atom stereocenters. The summed E-state index contributed by atoms with van der Waals surface area (Å²) in [6, 6.07) is 10.5. The summed E-state index contributed by atoms with van der Waals surface area (Å²) in [4.78, 5) is 64.6. The summed E-state index contributed by atoms with van der Waals surface area (Å²) >= 11 is 0. The Hall–Kier alpha value is -4.75. The maximum absolute atomic E-state index is 13.3. The zero-order valence-electron chi connectivity index (χ0n) is 21.4. The fraction of sp³-hybridized carbons (Fsp3) is 0.296. The first kappa shape index (κ1) is 29.8. The van der Waals surface area contributed by atoms with Gasteiger partial charge in [0.25, 0.3) is 0 Å². The van der Waals surface area contributed by atoms with Crippen molar-refractivity contribution in [1.82, 2.24) is 20.9 Å². The van der Waals surface area contributed by atoms with Gasteiger partial charge in [0.1, 0.15) is 18.1 Å². The number of aliphatic hydroxyl groups excluding tert-OH is 1. The highest BCUT2D eigenvalue weighted by Crippen LogP contribution is 2.19. The molecule has 0 saturated carbocycles. The molecule has 1 aromatic heterocycles. The van der Waals surface area contributed by atoms with Gasteiger partial charge in [0.15, 0.2) is 0 Å². The Morgan fingerprint density at radius 2 is 1.38 bits per heavy atom. The Morgan fingerprint density at radius 3 is 2.02 bits per heavy atom. The minimum atomic E-state index is -1.71. The predicted octanol–water partition coefficient (Wildman–Crippen LogP) is -0.714. The number of benzene rings is 2. The molecule has 3 rings (SSSR count). The van der Waals surface area contributed by atoms with Crippen LogP contribution in [0, 0.1) is 0 Å². The number of aromatic nitrogens is 1. The van der Waals surface area contributed by atoms with E-state index in [4.69, 9.17) is 10.8 Å². The van der Waals surface area contributed by atoms with E-state index >= 15 is 0 Å². The topological polar surface area (TPSA) is 224 Å². The number of hydrogen-bond donors (Lipinski definition) is 8. The number of carbonyl (C=O) groups excluding carboxylic acids is 3. The summed E-state index contributed by atoms with van der Waals surface area (Å²) in [5.74, 6) is -5.64. The van der Waals surface area contributed by atoms with Crippen molar-refractivity contribution in [2.45, 2.75) is 43.4 Å². The van der Waals surface area contributed by atoms with Gasteiger partial charge in [0, 0.05) is 23.5 Å². The zero-order valence-corrected chi connectivity index (χ0v) is 21.4. The molecule has 9 N–H and O–H groups in total. The monoisotopic (exact) mass is 553 g/mol. The fourth-order valence-corrected chi connectivity index (χ4v) is 4.08. The molecule has 3 aromatic rings. The lowest BCUT2D eigenvalue weighted by Gasteiger charge is -2.24. The molecule has 4 atom stereocenters. The van der Waals surface area contributed by atoms with Crippen LogP contribution in [0.3, 0.4) is 0 Å². The number of hydrogen-bond acceptors (Lipinski definition) is 7. The number of aromatic amines is 1. The van der Waals surface area contributed by atoms with Gasteiger partial charge >= 0.3 is 11.9 Å². The third-order valence-corrected chi connectivity index (χ3v) is 6.18. The van der Waals surface area contributed by atoms with Crippen molar-refractivity contribution in [3.8, 4) is 0 Å². The van der Waals surface area contributed by atoms with Crippen molar-refractivity contribution in [2.24, 2.45) is 5.73 Å². The van der Waals surface area contributed by atoms with Gasteiger partial charge < -0.3 is 42.0 Å². The first-order valence-corrected chi connectivity index (χ1v) is 12.4. The molecule has 212 valence electrons. The second kappa shape index (κ2) is 13.9. The molecule has 1 heterocycles. The molecule has 0 aliphatic heterocycles. The molecular formula is C27H31N5O8. The molecule has 40 heavy (non-hydrogen) atoms. The van der Waals surface area contributed by atoms with Crippen molar-refractivity contribution in [3.63, 3.8) is 0 Å². The molecule has 0 radical (unpaired) electrons. The number of carbonyl (C=O) groups is 5. The van der Waals surface area contributed by atoms with Crippen molar-refractivity contribution < 1.29 is 39.3 Å². The van der Waals surface area contributed by atoms with E-state index in [0.29, 0.717) is 5.56 Å². The van der Waals surface area contributed by atoms with Crippen LogP contribution in [0.1, 0.15) is 17.5 Å². The summed E-state index contributed by atoms with van der Waals surface area (Å²) in [5.41, 5.74) is 8.52. The molecule has 0 spiro atoms. The number of aliphatic hydroxyl groups is 1. The second-order valence-electron chi connectivity index (χ2n) is 9.16. The first-order chi connectivity index (χ1) is 19.1. The number of fused-ring (bicyclic) bond motifs is 1. The standard InChI is InChI=1S/C27H31N5O8/c28-18(11-16-13-29-19-9-5-4-8-17(16)19)24(36)30-20(10-15-6-2-1-3-7-15)25(37)31-21(12-23(34)35)26(38)32-22(14-33)27(39)40/h1-9,13,18,20-22,29,33H,10-12,14,28H2,(H,30,36)(H,31,37)(H,32,38)(H,34,35)(H,39,40). The summed E-state index contributed by atoms with van der Waals surface area (Å²) in [6.45, 7) is -0.949. The number of carboxylic acids is 2. The smallest absolute Gasteiger partial charge is 0.328 e. The van der Waals surface area contributed by atoms with E-state index in [9.17, 15) is 34.2 Å². The van der Waals surface area contributed by atoms with Crippen molar-refractivity contribution in [2.75, 3.05) is 6.61 Å². The van der Waals surface area contributed by atoms with Gasteiger partial charge in [-0.3, -0.25) is 19.2 Å². The minimum absolute atomic E-state index is 0.00593. The lowest BCUT2D eigenvalue weighted by Crippen LogP contribution is -2.58. The van der Waals surface area contributed by atoms with Crippen LogP contribution in [0.4, 0.5) is 0 Å². The normalized spacial score (nSPS) is 13.9. The summed E-state index contributed by atoms with van der Waals surface area (Å²) in [7, 11) is 0. The van der Waals surface area contributed by atoms with Crippen LogP contribution in [0.5, 0.6) is 0 Å². The highest BCUT2D eigenvalue weighted by atomic mass is 16.4. The average molecular weight is 554 g/mol. The lowest BCUT2D eigenvalue weighted by atomic mass is 10.0. The molecule has 2 aromatic carbocycles. The quantitative estimate of drug-likeness (QED) is 0.126. The first-order valence-electron chi connectivity index (χ1n) is 12.4. The number of carboxylic acid groups (broad SMARTS) is 2. The maximum atomic E-state index is 13.3. The van der Waals surface area contributed by atoms with Gasteiger partial charge in [-0.05, 0) is 23.6 Å². The van der Waals surface area contributed by atoms with E-state index in [1.807, 2.05) is 29.6 Å². The Kier molecular flexibility index (Phi) is 10.3. The van der Waals surface area contributed by atoms with E-state index in [1.54, 1.807) is 36.5 Å². The Bertz CT molecular complexity index is 1360. The summed E-state index contributed by atoms with van der Waals surface area (Å²) < 4.78 is 0. The number of para-hydroxylation sites is 1. The number of rotatable bonds is 14. The molecule has 0 bridgehead atoms. The van der Waals surface area contributed by atoms with E-state index < -0.39 is 66.9 Å². The van der Waals surface area contributed by atoms with E-state index in [0.717, 1.165) is 16.5 Å². The van der Waals surface area contributed by atoms with E-state index in [-0.39, 0.29) is 12.8 Å². The van der Waals surface area contributed by atoms with Gasteiger partial charge in [0.05, 0.1) is 19.1 Å². The molecule has 0 aliphatic carbocycles. The van der Waals surface area contributed by atoms with E-state index in [2.05, 4.69) is 15.6 Å². The van der Waals surface area contributed by atoms with Gasteiger partial charge in [0.2, 0.25) is 17.7 Å². The Balaban J connectivity index is 1.77. The van der Waals surface area contributed by atoms with Gasteiger partial charge in [-0.15, -0.1) is 0 Å². The maximum Gasteiger partial charge on any atom is 0.328 e. The van der Waals surface area contributed by atoms with Crippen molar-refractivity contribution >= 4 is 40.6 Å². The lowest BCUT2D eigenvalue weighted by molar-refractivity contribution is -0.144. The van der Waals surface area contributed by atoms with E-state index in [1.165, 1.54) is 0 Å². The number of H-pyrrole nitrogens is 1. The van der Waals surface area contributed by atoms with Crippen LogP contribution in [0.15, 0.2) is 60.8 Å². The zero-order chi connectivity index (χ0) is 29.2. The number of amides is 3. The fourth-order valence-electron chi connectivity index (χ4n) is 4.08. The van der Waals surface area contributed by atoms with Crippen LogP contribution in [0.25, 0.3) is 10.9 Å². The van der Waals surface area contributed by atoms with Crippen molar-refractivity contribution in [3.05, 3.63) is 71.9 Å². The minimum Gasteiger partial charge on any atom is -0.481 e. The third kappa shape index (κ3) is 8.12. The molecule has 13 heteroatoms. The third-order valence-electron chi connectivity index (χ3n) is 6.18. The van der Waals surface area contributed by atoms with Crippen LogP contribution in [-0.2, 0) is 36.8 Å². The predicted molar refractivity (Wildman–Crippen MR) is 143 cm³/mol. The summed E-state index contributed by atoms with van der Waals surface area (Å²) in [6.07, 6.45) is 1.03. The molecule has 0 fully saturated rings. The molecule has 0 aliphatic rings. The summed E-state index contributed by atoms with van der Waals surface area (Å²) in [5, 5.41) is 35.3. The molecule has 0 saturated heterocycles.